The molecule has 27 heavy (non-hydrogen) atoms. The summed E-state index contributed by atoms with van der Waals surface area (Å²) in [6.45, 7) is 2.93. The molecule has 1 N–H and O–H groups in total. The molecule has 1 aliphatic heterocycles. The van der Waals surface area contributed by atoms with E-state index in [-0.39, 0.29) is 11.7 Å². The van der Waals surface area contributed by atoms with Crippen LogP contribution in [0.3, 0.4) is 0 Å². The van der Waals surface area contributed by atoms with E-state index in [9.17, 15) is 4.79 Å². The zero-order chi connectivity index (χ0) is 19.0. The summed E-state index contributed by atoms with van der Waals surface area (Å²) in [5, 5.41) is 0.932. The minimum absolute atomic E-state index is 0.0882. The van der Waals surface area contributed by atoms with Gasteiger partial charge in [0.2, 0.25) is 0 Å². The molecule has 0 saturated carbocycles. The molecule has 7 heteroatoms. The molecule has 0 radical (unpaired) electrons. The van der Waals surface area contributed by atoms with Crippen LogP contribution in [0.5, 0.6) is 0 Å². The van der Waals surface area contributed by atoms with Gasteiger partial charge in [0.05, 0.1) is 21.1 Å². The fourth-order valence-corrected chi connectivity index (χ4v) is 4.47. The maximum atomic E-state index is 12.6. The number of H-pyrrole nitrogens is 1. The molecule has 2 heterocycles. The van der Waals surface area contributed by atoms with Gasteiger partial charge in [0.25, 0.3) is 0 Å². The lowest BCUT2D eigenvalue weighted by molar-refractivity contribution is 0.272. The van der Waals surface area contributed by atoms with Crippen LogP contribution < -0.4 is 5.69 Å². The first-order valence-corrected chi connectivity index (χ1v) is 10.6. The Morgan fingerprint density at radius 2 is 1.81 bits per heavy atom. The number of rotatable bonds is 3. The van der Waals surface area contributed by atoms with Crippen LogP contribution in [0.25, 0.3) is 11.0 Å². The van der Waals surface area contributed by atoms with Crippen molar-refractivity contribution in [2.75, 3.05) is 13.1 Å². The maximum absolute atomic E-state index is 12.6. The molecule has 3 aromatic rings. The van der Waals surface area contributed by atoms with E-state index in [4.69, 9.17) is 23.2 Å². The summed E-state index contributed by atoms with van der Waals surface area (Å²) in [4.78, 5) is 18.0. The van der Waals surface area contributed by atoms with E-state index in [1.807, 2.05) is 4.57 Å². The van der Waals surface area contributed by atoms with Gasteiger partial charge in [-0.2, -0.15) is 0 Å². The summed E-state index contributed by atoms with van der Waals surface area (Å²) < 4.78 is 2.96. The number of hydrogen-bond acceptors (Lipinski definition) is 2. The third-order valence-corrected chi connectivity index (χ3v) is 6.48. The molecule has 0 bridgehead atoms. The molecule has 0 spiro atoms. The van der Waals surface area contributed by atoms with E-state index in [1.165, 1.54) is 5.56 Å². The Morgan fingerprint density at radius 3 is 2.59 bits per heavy atom. The van der Waals surface area contributed by atoms with Crippen LogP contribution in [0.4, 0.5) is 0 Å². The lowest BCUT2D eigenvalue weighted by atomic mass is 10.1. The van der Waals surface area contributed by atoms with Gasteiger partial charge in [-0.3, -0.25) is 9.47 Å². The third kappa shape index (κ3) is 4.11. The molecule has 1 saturated heterocycles. The van der Waals surface area contributed by atoms with Crippen molar-refractivity contribution in [1.82, 2.24) is 14.5 Å². The lowest BCUT2D eigenvalue weighted by Crippen LogP contribution is -2.26. The van der Waals surface area contributed by atoms with Gasteiger partial charge in [-0.05, 0) is 55.6 Å². The average Bonchev–Trinajstić information content (AvgIpc) is 2.80. The Bertz CT molecular complexity index is 1010. The summed E-state index contributed by atoms with van der Waals surface area (Å²) in [5.74, 6) is 0. The highest BCUT2D eigenvalue weighted by Gasteiger charge is 2.22. The molecule has 1 fully saturated rings. The molecule has 1 atom stereocenters. The number of nitrogens with one attached hydrogen (secondary N) is 1. The van der Waals surface area contributed by atoms with E-state index in [0.717, 1.165) is 54.4 Å². The second kappa shape index (κ2) is 8.00. The van der Waals surface area contributed by atoms with Crippen LogP contribution in [-0.4, -0.2) is 27.5 Å². The monoisotopic (exact) mass is 467 g/mol. The number of halogens is 3. The summed E-state index contributed by atoms with van der Waals surface area (Å²) >= 11 is 15.8. The van der Waals surface area contributed by atoms with Gasteiger partial charge in [-0.25, -0.2) is 4.79 Å². The summed E-state index contributed by atoms with van der Waals surface area (Å²) in [6.07, 6.45) is 2.97. The number of likely N-dealkylation sites (tertiary alicyclic amines) is 1. The van der Waals surface area contributed by atoms with Crippen LogP contribution in [0, 0.1) is 0 Å². The van der Waals surface area contributed by atoms with Crippen molar-refractivity contribution in [3.8, 4) is 0 Å². The number of nitrogens with zero attached hydrogens (tertiary/aromatic N) is 2. The SMILES string of the molecule is O=c1[nH]c2cc(Cl)c(Cl)cc2n1C1CCCN(Cc2ccc(Br)cc2)CC1. The highest BCUT2D eigenvalue weighted by Crippen LogP contribution is 2.30. The standard InChI is InChI=1S/C20H20BrCl2N3O/c21-14-5-3-13(4-6-14)12-25-8-1-2-15(7-9-25)26-19-11-17(23)16(22)10-18(19)24-20(26)27/h3-6,10-11,15H,1-2,7-9,12H2,(H,24,27). The minimum Gasteiger partial charge on any atom is -0.305 e. The van der Waals surface area contributed by atoms with Gasteiger partial charge < -0.3 is 4.98 Å². The Balaban J connectivity index is 1.54. The van der Waals surface area contributed by atoms with E-state index in [0.29, 0.717) is 10.0 Å². The first-order chi connectivity index (χ1) is 13.0. The fourth-order valence-electron chi connectivity index (χ4n) is 3.89. The zero-order valence-electron chi connectivity index (χ0n) is 14.7. The molecule has 1 aromatic heterocycles. The molecule has 2 aromatic carbocycles. The van der Waals surface area contributed by atoms with Gasteiger partial charge >= 0.3 is 5.69 Å². The topological polar surface area (TPSA) is 41.0 Å². The van der Waals surface area contributed by atoms with E-state index in [2.05, 4.69) is 50.1 Å². The van der Waals surface area contributed by atoms with Crippen LogP contribution >= 0.6 is 39.1 Å². The Hall–Kier alpha value is -1.27. The number of fused-ring (bicyclic) bond motifs is 1. The molecule has 1 aliphatic rings. The van der Waals surface area contributed by atoms with E-state index in [1.54, 1.807) is 12.1 Å². The highest BCUT2D eigenvalue weighted by atomic mass is 79.9. The Labute approximate surface area is 176 Å². The minimum atomic E-state index is -0.0882. The Kier molecular flexibility index (Phi) is 5.65. The molecule has 4 rings (SSSR count). The van der Waals surface area contributed by atoms with Crippen LogP contribution in [-0.2, 0) is 6.54 Å². The molecule has 4 nitrogen and oxygen atoms in total. The van der Waals surface area contributed by atoms with Crippen molar-refractivity contribution in [2.24, 2.45) is 0 Å². The van der Waals surface area contributed by atoms with Crippen LogP contribution in [0.2, 0.25) is 10.0 Å². The van der Waals surface area contributed by atoms with E-state index >= 15 is 0 Å². The molecule has 0 amide bonds. The molecule has 1 unspecified atom stereocenters. The highest BCUT2D eigenvalue weighted by molar-refractivity contribution is 9.10. The first kappa shape index (κ1) is 19.1. The Morgan fingerprint density at radius 1 is 1.07 bits per heavy atom. The van der Waals surface area contributed by atoms with Gasteiger partial charge in [-0.1, -0.05) is 51.3 Å². The number of aromatic nitrogens is 2. The van der Waals surface area contributed by atoms with Crippen molar-refractivity contribution >= 4 is 50.2 Å². The predicted molar refractivity (Wildman–Crippen MR) is 115 cm³/mol. The predicted octanol–water partition coefficient (Wildman–Crippen LogP) is 5.63. The lowest BCUT2D eigenvalue weighted by Gasteiger charge is -2.20. The summed E-state index contributed by atoms with van der Waals surface area (Å²) in [5.41, 5.74) is 2.79. The van der Waals surface area contributed by atoms with Gasteiger partial charge in [-0.15, -0.1) is 0 Å². The summed E-state index contributed by atoms with van der Waals surface area (Å²) in [6, 6.07) is 12.2. The van der Waals surface area contributed by atoms with Crippen LogP contribution in [0.15, 0.2) is 45.7 Å². The van der Waals surface area contributed by atoms with Gasteiger partial charge in [0.1, 0.15) is 0 Å². The first-order valence-electron chi connectivity index (χ1n) is 9.07. The molecular weight excluding hydrogens is 449 g/mol. The summed E-state index contributed by atoms with van der Waals surface area (Å²) in [7, 11) is 0. The maximum Gasteiger partial charge on any atom is 0.326 e. The van der Waals surface area contributed by atoms with Crippen molar-refractivity contribution in [2.45, 2.75) is 31.8 Å². The number of aromatic amines is 1. The average molecular weight is 469 g/mol. The second-order valence-electron chi connectivity index (χ2n) is 7.07. The molecular formula is C20H20BrCl2N3O. The largest absolute Gasteiger partial charge is 0.326 e. The number of hydrogen-bond donors (Lipinski definition) is 1. The zero-order valence-corrected chi connectivity index (χ0v) is 17.8. The van der Waals surface area contributed by atoms with Gasteiger partial charge in [0, 0.05) is 23.6 Å². The molecule has 0 aliphatic carbocycles. The van der Waals surface area contributed by atoms with E-state index < -0.39 is 0 Å². The van der Waals surface area contributed by atoms with Gasteiger partial charge in [0.15, 0.2) is 0 Å². The number of imidazole rings is 1. The fraction of sp³-hybridized carbons (Fsp3) is 0.350. The van der Waals surface area contributed by atoms with Crippen molar-refractivity contribution in [1.29, 1.82) is 0 Å². The quantitative estimate of drug-likeness (QED) is 0.541. The van der Waals surface area contributed by atoms with Crippen LogP contribution in [0.1, 0.15) is 30.9 Å². The second-order valence-corrected chi connectivity index (χ2v) is 8.80. The smallest absolute Gasteiger partial charge is 0.305 e. The normalized spacial score (nSPS) is 18.7. The third-order valence-electron chi connectivity index (χ3n) is 5.23. The van der Waals surface area contributed by atoms with Crippen molar-refractivity contribution in [3.05, 3.63) is 67.0 Å². The van der Waals surface area contributed by atoms with Crippen molar-refractivity contribution < 1.29 is 0 Å². The molecule has 142 valence electrons. The van der Waals surface area contributed by atoms with Crippen molar-refractivity contribution in [3.63, 3.8) is 0 Å². The number of benzene rings is 2.